The lowest BCUT2D eigenvalue weighted by molar-refractivity contribution is -0.161. The highest BCUT2D eigenvalue weighted by Gasteiger charge is 2.58. The normalized spacial score (nSPS) is 24.1. The van der Waals surface area contributed by atoms with Crippen LogP contribution >= 0.6 is 0 Å². The zero-order valence-corrected chi connectivity index (χ0v) is 19.8. The van der Waals surface area contributed by atoms with Gasteiger partial charge in [0.05, 0.1) is 6.33 Å². The van der Waals surface area contributed by atoms with Gasteiger partial charge in [0.2, 0.25) is 11.9 Å². The summed E-state index contributed by atoms with van der Waals surface area (Å²) < 4.78 is 34.0. The van der Waals surface area contributed by atoms with E-state index >= 15 is 4.39 Å². The molecule has 0 bridgehead atoms. The average Bonchev–Trinajstić information content (AvgIpc) is 3.34. The van der Waals surface area contributed by atoms with Crippen molar-refractivity contribution in [2.75, 3.05) is 24.3 Å². The Hall–Kier alpha value is -3.35. The number of rotatable bonds is 9. The summed E-state index contributed by atoms with van der Waals surface area (Å²) in [6.07, 6.45) is -2.03. The van der Waals surface area contributed by atoms with Crippen LogP contribution in [-0.4, -0.2) is 68.9 Å². The maximum Gasteiger partial charge on any atom is 0.305 e. The number of nitrogens with one attached hydrogen (secondary N) is 2. The van der Waals surface area contributed by atoms with Crippen LogP contribution < -0.4 is 10.6 Å². The average molecular weight is 480 g/mol. The second kappa shape index (κ2) is 10.3. The highest BCUT2D eigenvalue weighted by molar-refractivity contribution is 5.91. The molecule has 34 heavy (non-hydrogen) atoms. The molecular formula is C21H29FN6O6. The van der Waals surface area contributed by atoms with E-state index in [9.17, 15) is 14.4 Å². The molecule has 3 heterocycles. The first-order valence-electron chi connectivity index (χ1n) is 11.1. The zero-order valence-electron chi connectivity index (χ0n) is 19.8. The van der Waals surface area contributed by atoms with Crippen molar-refractivity contribution in [3.05, 3.63) is 6.33 Å². The summed E-state index contributed by atoms with van der Waals surface area (Å²) >= 11 is 0. The van der Waals surface area contributed by atoms with Gasteiger partial charge in [0.25, 0.3) is 0 Å². The Kier molecular flexibility index (Phi) is 7.64. The van der Waals surface area contributed by atoms with Gasteiger partial charge >= 0.3 is 11.9 Å². The predicted molar refractivity (Wildman–Crippen MR) is 119 cm³/mol. The van der Waals surface area contributed by atoms with E-state index < -0.39 is 36.0 Å². The van der Waals surface area contributed by atoms with E-state index in [1.165, 1.54) is 17.8 Å². The van der Waals surface area contributed by atoms with E-state index in [0.29, 0.717) is 11.3 Å². The molecule has 2 N–H and O–H groups in total. The number of nitrogens with zero attached hydrogens (tertiary/aromatic N) is 4. The summed E-state index contributed by atoms with van der Waals surface area (Å²) in [7, 11) is 1.62. The number of carbonyl (C=O) groups is 3. The van der Waals surface area contributed by atoms with Crippen molar-refractivity contribution in [2.24, 2.45) is 0 Å². The van der Waals surface area contributed by atoms with Crippen LogP contribution in [0.5, 0.6) is 0 Å². The van der Waals surface area contributed by atoms with Crippen molar-refractivity contribution in [1.82, 2.24) is 19.5 Å². The van der Waals surface area contributed by atoms with E-state index in [-0.39, 0.29) is 43.4 Å². The van der Waals surface area contributed by atoms with E-state index in [1.807, 2.05) is 0 Å². The summed E-state index contributed by atoms with van der Waals surface area (Å²) in [4.78, 5) is 48.4. The van der Waals surface area contributed by atoms with Gasteiger partial charge in [-0.15, -0.1) is 0 Å². The molecule has 1 aliphatic heterocycles. The van der Waals surface area contributed by atoms with Gasteiger partial charge in [0, 0.05) is 26.3 Å². The summed E-state index contributed by atoms with van der Waals surface area (Å²) in [5.41, 5.74) is -1.73. The Morgan fingerprint density at radius 1 is 1.18 bits per heavy atom. The van der Waals surface area contributed by atoms with Crippen LogP contribution in [-0.2, 0) is 28.6 Å². The third-order valence-electron chi connectivity index (χ3n) is 5.41. The molecule has 186 valence electrons. The van der Waals surface area contributed by atoms with Crippen molar-refractivity contribution in [3.63, 3.8) is 0 Å². The summed E-state index contributed by atoms with van der Waals surface area (Å²) in [5.74, 6) is -1.10. The van der Waals surface area contributed by atoms with E-state index in [0.717, 1.165) is 0 Å². The number of hydrogen-bond acceptors (Lipinski definition) is 10. The van der Waals surface area contributed by atoms with Crippen LogP contribution in [0.3, 0.4) is 0 Å². The van der Waals surface area contributed by atoms with Gasteiger partial charge in [-0.05, 0) is 6.92 Å². The van der Waals surface area contributed by atoms with Crippen molar-refractivity contribution in [3.8, 4) is 0 Å². The van der Waals surface area contributed by atoms with Gasteiger partial charge in [-0.3, -0.25) is 24.3 Å². The third kappa shape index (κ3) is 4.93. The Labute approximate surface area is 195 Å². The number of imidazole rings is 1. The minimum absolute atomic E-state index is 0.00592. The minimum Gasteiger partial charge on any atom is -0.463 e. The van der Waals surface area contributed by atoms with Crippen LogP contribution in [0, 0.1) is 0 Å². The first-order valence-corrected chi connectivity index (χ1v) is 11.1. The summed E-state index contributed by atoms with van der Waals surface area (Å²) in [6.45, 7) is 5.83. The maximum atomic E-state index is 16.2. The molecule has 1 saturated heterocycles. The van der Waals surface area contributed by atoms with Gasteiger partial charge in [-0.25, -0.2) is 9.37 Å². The van der Waals surface area contributed by atoms with Crippen LogP contribution in [0.25, 0.3) is 11.2 Å². The Balaban J connectivity index is 2.03. The number of esters is 2. The third-order valence-corrected chi connectivity index (χ3v) is 5.41. The number of halogens is 1. The van der Waals surface area contributed by atoms with Gasteiger partial charge in [0.15, 0.2) is 35.0 Å². The molecular weight excluding hydrogens is 451 g/mol. The molecule has 0 aromatic carbocycles. The van der Waals surface area contributed by atoms with E-state index in [4.69, 9.17) is 14.2 Å². The van der Waals surface area contributed by atoms with Crippen molar-refractivity contribution in [1.29, 1.82) is 0 Å². The summed E-state index contributed by atoms with van der Waals surface area (Å²) in [5, 5.41) is 5.45. The number of alkyl halides is 1. The largest absolute Gasteiger partial charge is 0.463 e. The van der Waals surface area contributed by atoms with Gasteiger partial charge in [0.1, 0.15) is 12.7 Å². The number of fused-ring (bicyclic) bond motifs is 1. The first kappa shape index (κ1) is 25.3. The molecule has 4 unspecified atom stereocenters. The molecule has 0 spiro atoms. The molecule has 0 saturated carbocycles. The van der Waals surface area contributed by atoms with Crippen LogP contribution in [0.2, 0.25) is 0 Å². The minimum atomic E-state index is -2.24. The lowest BCUT2D eigenvalue weighted by atomic mass is 9.98. The Morgan fingerprint density at radius 3 is 2.50 bits per heavy atom. The molecule has 3 rings (SSSR count). The van der Waals surface area contributed by atoms with Gasteiger partial charge in [-0.2, -0.15) is 9.97 Å². The molecule has 0 radical (unpaired) electrons. The highest BCUT2D eigenvalue weighted by atomic mass is 19.1. The Morgan fingerprint density at radius 2 is 1.88 bits per heavy atom. The fraction of sp³-hybridized carbons (Fsp3) is 0.619. The van der Waals surface area contributed by atoms with Gasteiger partial charge in [-0.1, -0.05) is 20.8 Å². The Bertz CT molecular complexity index is 1070. The number of anilines is 2. The first-order chi connectivity index (χ1) is 16.2. The lowest BCUT2D eigenvalue weighted by Crippen LogP contribution is -2.44. The molecule has 13 heteroatoms. The van der Waals surface area contributed by atoms with Crippen molar-refractivity contribution >= 4 is 40.8 Å². The monoisotopic (exact) mass is 480 g/mol. The topological polar surface area (TPSA) is 147 Å². The molecule has 1 fully saturated rings. The van der Waals surface area contributed by atoms with E-state index in [1.54, 1.807) is 27.8 Å². The van der Waals surface area contributed by atoms with E-state index in [2.05, 4.69) is 25.6 Å². The fourth-order valence-electron chi connectivity index (χ4n) is 3.56. The van der Waals surface area contributed by atoms with Crippen molar-refractivity contribution < 1.29 is 33.0 Å². The number of hydrogen-bond donors (Lipinski definition) is 2. The molecule has 2 aromatic heterocycles. The predicted octanol–water partition coefficient (Wildman–Crippen LogP) is 2.12. The SMILES string of the molecule is CCC(=O)Nc1nc(NC)c2ncn(C3OC(COC(=O)CC)C(OC(=O)CC)C3(C)F)c2n1. The summed E-state index contributed by atoms with van der Waals surface area (Å²) in [6, 6.07) is 0. The maximum absolute atomic E-state index is 16.2. The number of aromatic nitrogens is 4. The number of amides is 1. The standard InChI is InChI=1S/C21H29FN6O6/c1-6-12(29)25-20-26-17(23-5)15-18(27-20)28(10-24-15)19-21(4,22)16(34-14(31)8-3)11(33-19)9-32-13(30)7-2/h10-11,16,19H,6-9H2,1-5H3,(H2,23,25,26,27,29). The van der Waals surface area contributed by atoms with Gasteiger partial charge < -0.3 is 19.5 Å². The molecule has 12 nitrogen and oxygen atoms in total. The number of carbonyl (C=O) groups excluding carboxylic acids is 3. The molecule has 2 aromatic rings. The second-order valence-electron chi connectivity index (χ2n) is 7.85. The van der Waals surface area contributed by atoms with Crippen LogP contribution in [0.1, 0.15) is 53.2 Å². The van der Waals surface area contributed by atoms with Crippen molar-refractivity contribution in [2.45, 2.75) is 71.1 Å². The van der Waals surface area contributed by atoms with Crippen LogP contribution in [0.15, 0.2) is 6.33 Å². The molecule has 1 aliphatic rings. The molecule has 0 aliphatic carbocycles. The lowest BCUT2D eigenvalue weighted by Gasteiger charge is -2.27. The zero-order chi connectivity index (χ0) is 25.0. The smallest absolute Gasteiger partial charge is 0.305 e. The fourth-order valence-corrected chi connectivity index (χ4v) is 3.56. The quantitative estimate of drug-likeness (QED) is 0.512. The second-order valence-corrected chi connectivity index (χ2v) is 7.85. The molecule has 4 atom stereocenters. The number of ether oxygens (including phenoxy) is 3. The highest BCUT2D eigenvalue weighted by Crippen LogP contribution is 2.44. The van der Waals surface area contributed by atoms with Crippen LogP contribution in [0.4, 0.5) is 16.2 Å². The molecule has 1 amide bonds.